The van der Waals surface area contributed by atoms with Gasteiger partial charge in [-0.3, -0.25) is 4.90 Å². The van der Waals surface area contributed by atoms with E-state index in [1.807, 2.05) is 42.5 Å². The second-order valence-corrected chi connectivity index (χ2v) is 6.49. The number of hydrogen-bond donors (Lipinski definition) is 1. The van der Waals surface area contributed by atoms with Gasteiger partial charge in [0, 0.05) is 24.7 Å². The summed E-state index contributed by atoms with van der Waals surface area (Å²) in [4.78, 5) is 2.26. The lowest BCUT2D eigenvalue weighted by Gasteiger charge is -2.28. The van der Waals surface area contributed by atoms with Gasteiger partial charge in [-0.25, -0.2) is 0 Å². The number of aliphatic hydroxyl groups is 1. The number of benzene rings is 2. The number of hydrogen-bond acceptors (Lipinski definition) is 4. The quantitative estimate of drug-likeness (QED) is 0.717. The van der Waals surface area contributed by atoms with Crippen molar-refractivity contribution in [2.45, 2.75) is 39.1 Å². The second kappa shape index (κ2) is 10.2. The molecule has 1 atom stereocenters. The Labute approximate surface area is 151 Å². The molecular formula is C21H29NO3. The van der Waals surface area contributed by atoms with Crippen LogP contribution in [0.25, 0.3) is 0 Å². The topological polar surface area (TPSA) is 41.9 Å². The minimum atomic E-state index is -0.527. The van der Waals surface area contributed by atoms with Gasteiger partial charge in [0.1, 0.15) is 5.75 Å². The minimum absolute atomic E-state index is 0.302. The zero-order chi connectivity index (χ0) is 18.1. The summed E-state index contributed by atoms with van der Waals surface area (Å²) >= 11 is 0. The first-order chi connectivity index (χ1) is 12.1. The van der Waals surface area contributed by atoms with Crippen LogP contribution in [-0.2, 0) is 17.9 Å². The highest BCUT2D eigenvalue weighted by atomic mass is 16.5. The summed E-state index contributed by atoms with van der Waals surface area (Å²) in [5.74, 6) is 0.810. The van der Waals surface area contributed by atoms with E-state index < -0.39 is 6.10 Å². The van der Waals surface area contributed by atoms with E-state index >= 15 is 0 Å². The third kappa shape index (κ3) is 6.50. The van der Waals surface area contributed by atoms with Crippen molar-refractivity contribution in [3.05, 3.63) is 65.7 Å². The molecule has 0 fully saturated rings. The second-order valence-electron chi connectivity index (χ2n) is 6.49. The molecule has 1 N–H and O–H groups in total. The predicted octanol–water partition coefficient (Wildman–Crippen LogP) is 3.48. The number of aliphatic hydroxyl groups excluding tert-OH is 1. The van der Waals surface area contributed by atoms with Gasteiger partial charge in [-0.2, -0.15) is 0 Å². The molecular weight excluding hydrogens is 314 g/mol. The van der Waals surface area contributed by atoms with Crippen molar-refractivity contribution in [3.8, 4) is 5.75 Å². The maximum absolute atomic E-state index is 10.4. The Balaban J connectivity index is 1.81. The van der Waals surface area contributed by atoms with Crippen molar-refractivity contribution in [2.24, 2.45) is 0 Å². The van der Waals surface area contributed by atoms with Gasteiger partial charge in [-0.05, 0) is 25.5 Å². The molecule has 25 heavy (non-hydrogen) atoms. The Morgan fingerprint density at radius 3 is 2.36 bits per heavy atom. The predicted molar refractivity (Wildman–Crippen MR) is 101 cm³/mol. The third-order valence-corrected chi connectivity index (χ3v) is 4.16. The van der Waals surface area contributed by atoms with Gasteiger partial charge in [0.2, 0.25) is 0 Å². The number of para-hydroxylation sites is 1. The van der Waals surface area contributed by atoms with Gasteiger partial charge < -0.3 is 14.6 Å². The number of methoxy groups -OCH3 is 1. The molecule has 2 rings (SSSR count). The van der Waals surface area contributed by atoms with Crippen LogP contribution in [0, 0.1) is 0 Å². The molecule has 1 unspecified atom stereocenters. The highest BCUT2D eigenvalue weighted by Gasteiger charge is 2.15. The molecule has 0 spiro atoms. The smallest absolute Gasteiger partial charge is 0.124 e. The van der Waals surface area contributed by atoms with E-state index in [4.69, 9.17) is 9.47 Å². The maximum Gasteiger partial charge on any atom is 0.124 e. The Bertz CT molecular complexity index is 616. The Morgan fingerprint density at radius 2 is 1.68 bits per heavy atom. The van der Waals surface area contributed by atoms with Crippen molar-refractivity contribution >= 4 is 0 Å². The normalized spacial score (nSPS) is 12.6. The molecule has 0 aliphatic rings. The molecule has 4 nitrogen and oxygen atoms in total. The average molecular weight is 343 g/mol. The summed E-state index contributed by atoms with van der Waals surface area (Å²) < 4.78 is 11.0. The van der Waals surface area contributed by atoms with E-state index in [0.29, 0.717) is 25.8 Å². The zero-order valence-corrected chi connectivity index (χ0v) is 15.4. The molecule has 136 valence electrons. The summed E-state index contributed by atoms with van der Waals surface area (Å²) in [6, 6.07) is 18.4. The van der Waals surface area contributed by atoms with E-state index in [2.05, 4.69) is 30.9 Å². The van der Waals surface area contributed by atoms with Gasteiger partial charge in [0.05, 0.1) is 26.4 Å². The fourth-order valence-corrected chi connectivity index (χ4v) is 2.73. The van der Waals surface area contributed by atoms with Crippen LogP contribution in [0.1, 0.15) is 25.0 Å². The summed E-state index contributed by atoms with van der Waals surface area (Å²) in [7, 11) is 1.65. The Kier molecular flexibility index (Phi) is 7.92. The highest BCUT2D eigenvalue weighted by Crippen LogP contribution is 2.18. The van der Waals surface area contributed by atoms with E-state index in [1.165, 1.54) is 5.56 Å². The Morgan fingerprint density at radius 1 is 1.00 bits per heavy atom. The largest absolute Gasteiger partial charge is 0.496 e. The van der Waals surface area contributed by atoms with Crippen LogP contribution >= 0.6 is 0 Å². The van der Waals surface area contributed by atoms with Crippen molar-refractivity contribution in [3.63, 3.8) is 0 Å². The molecule has 2 aromatic rings. The molecule has 0 saturated heterocycles. The SMILES string of the molecule is COc1ccccc1COCC(O)CN(Cc1ccccc1)C(C)C. The third-order valence-electron chi connectivity index (χ3n) is 4.16. The minimum Gasteiger partial charge on any atom is -0.496 e. The fourth-order valence-electron chi connectivity index (χ4n) is 2.73. The average Bonchev–Trinajstić information content (AvgIpc) is 2.62. The van der Waals surface area contributed by atoms with E-state index in [1.54, 1.807) is 7.11 Å². The van der Waals surface area contributed by atoms with Crippen LogP contribution in [0.3, 0.4) is 0 Å². The molecule has 0 bridgehead atoms. The highest BCUT2D eigenvalue weighted by molar-refractivity contribution is 5.32. The molecule has 0 saturated carbocycles. The van der Waals surface area contributed by atoms with Crippen molar-refractivity contribution < 1.29 is 14.6 Å². The molecule has 0 aliphatic heterocycles. The monoisotopic (exact) mass is 343 g/mol. The molecule has 0 amide bonds. The number of nitrogens with zero attached hydrogens (tertiary/aromatic N) is 1. The summed E-state index contributed by atoms with van der Waals surface area (Å²) in [6.45, 7) is 6.43. The van der Waals surface area contributed by atoms with E-state index in [-0.39, 0.29) is 0 Å². The van der Waals surface area contributed by atoms with E-state index in [0.717, 1.165) is 17.9 Å². The fraction of sp³-hybridized carbons (Fsp3) is 0.429. The first kappa shape index (κ1) is 19.4. The van der Waals surface area contributed by atoms with Gasteiger partial charge in [-0.1, -0.05) is 48.5 Å². The van der Waals surface area contributed by atoms with Crippen molar-refractivity contribution in [1.82, 2.24) is 4.90 Å². The number of ether oxygens (including phenoxy) is 2. The molecule has 0 radical (unpaired) electrons. The summed E-state index contributed by atoms with van der Waals surface area (Å²) in [5.41, 5.74) is 2.24. The maximum atomic E-state index is 10.4. The van der Waals surface area contributed by atoms with Crippen LogP contribution < -0.4 is 4.74 Å². The van der Waals surface area contributed by atoms with Crippen LogP contribution in [-0.4, -0.2) is 42.4 Å². The van der Waals surface area contributed by atoms with Crippen LogP contribution in [0.5, 0.6) is 5.75 Å². The van der Waals surface area contributed by atoms with Crippen LogP contribution in [0.2, 0.25) is 0 Å². The van der Waals surface area contributed by atoms with Gasteiger partial charge in [0.25, 0.3) is 0 Å². The lowest BCUT2D eigenvalue weighted by Crippen LogP contribution is -2.38. The van der Waals surface area contributed by atoms with Gasteiger partial charge in [-0.15, -0.1) is 0 Å². The molecule has 4 heteroatoms. The van der Waals surface area contributed by atoms with Crippen molar-refractivity contribution in [2.75, 3.05) is 20.3 Å². The lowest BCUT2D eigenvalue weighted by molar-refractivity contribution is 0.00271. The molecule has 0 aromatic heterocycles. The summed E-state index contributed by atoms with van der Waals surface area (Å²) in [5, 5.41) is 10.4. The number of rotatable bonds is 10. The molecule has 0 heterocycles. The van der Waals surface area contributed by atoms with Gasteiger partial charge in [0.15, 0.2) is 0 Å². The summed E-state index contributed by atoms with van der Waals surface area (Å²) in [6.07, 6.45) is -0.527. The Hall–Kier alpha value is -1.88. The molecule has 2 aromatic carbocycles. The van der Waals surface area contributed by atoms with Crippen molar-refractivity contribution in [1.29, 1.82) is 0 Å². The van der Waals surface area contributed by atoms with Gasteiger partial charge >= 0.3 is 0 Å². The first-order valence-electron chi connectivity index (χ1n) is 8.75. The van der Waals surface area contributed by atoms with E-state index in [9.17, 15) is 5.11 Å². The first-order valence-corrected chi connectivity index (χ1v) is 8.75. The molecule has 0 aliphatic carbocycles. The van der Waals surface area contributed by atoms with Crippen LogP contribution in [0.15, 0.2) is 54.6 Å². The standard InChI is InChI=1S/C21H29NO3/c1-17(2)22(13-18-9-5-4-6-10-18)14-20(23)16-25-15-19-11-7-8-12-21(19)24-3/h4-12,17,20,23H,13-16H2,1-3H3. The lowest BCUT2D eigenvalue weighted by atomic mass is 10.1. The van der Waals surface area contributed by atoms with Crippen LogP contribution in [0.4, 0.5) is 0 Å². The zero-order valence-electron chi connectivity index (χ0n) is 15.4.